The van der Waals surface area contributed by atoms with Crippen molar-refractivity contribution in [2.45, 2.75) is 51.2 Å². The molecule has 0 amide bonds. The van der Waals surface area contributed by atoms with Crippen LogP contribution >= 0.6 is 11.3 Å². The molecule has 0 radical (unpaired) electrons. The van der Waals surface area contributed by atoms with E-state index >= 15 is 0 Å². The molecule has 2 aliphatic rings. The van der Waals surface area contributed by atoms with Gasteiger partial charge in [0.1, 0.15) is 5.75 Å². The van der Waals surface area contributed by atoms with Crippen molar-refractivity contribution in [1.82, 2.24) is 25.0 Å². The monoisotopic (exact) mass is 466 g/mol. The van der Waals surface area contributed by atoms with Crippen molar-refractivity contribution in [2.24, 2.45) is 0 Å². The largest absolute Gasteiger partial charge is 0.497 e. The van der Waals surface area contributed by atoms with Gasteiger partial charge in [-0.15, -0.1) is 10.2 Å². The second-order valence-corrected chi connectivity index (χ2v) is 9.94. The number of aromatic nitrogens is 3. The molecule has 3 aromatic rings. The first-order chi connectivity index (χ1) is 16.3. The Balaban J connectivity index is 1.16. The molecule has 0 bridgehead atoms. The van der Waals surface area contributed by atoms with E-state index in [-0.39, 0.29) is 0 Å². The molecule has 1 saturated carbocycles. The molecule has 0 spiro atoms. The fraction of sp³-hybridized carbons (Fsp3) is 0.520. The third kappa shape index (κ3) is 5.39. The molecule has 5 rings (SSSR count). The maximum Gasteiger partial charge on any atom is 0.218 e. The molecule has 3 heterocycles. The second-order valence-electron chi connectivity index (χ2n) is 9.01. The van der Waals surface area contributed by atoms with Crippen LogP contribution in [-0.4, -0.2) is 59.0 Å². The number of anilines is 1. The highest BCUT2D eigenvalue weighted by Crippen LogP contribution is 2.28. The van der Waals surface area contributed by atoms with Gasteiger partial charge >= 0.3 is 0 Å². The predicted molar refractivity (Wildman–Crippen MR) is 133 cm³/mol. The molecule has 1 aliphatic heterocycles. The van der Waals surface area contributed by atoms with E-state index in [1.165, 1.54) is 43.4 Å². The normalized spacial score (nSPS) is 18.0. The fourth-order valence-electron chi connectivity index (χ4n) is 5.02. The van der Waals surface area contributed by atoms with Gasteiger partial charge in [-0.05, 0) is 42.7 Å². The van der Waals surface area contributed by atoms with Gasteiger partial charge in [0.05, 0.1) is 7.11 Å². The van der Waals surface area contributed by atoms with E-state index < -0.39 is 0 Å². The summed E-state index contributed by atoms with van der Waals surface area (Å²) in [5, 5.41) is 14.6. The highest BCUT2D eigenvalue weighted by Gasteiger charge is 2.26. The highest BCUT2D eigenvalue weighted by atomic mass is 32.1. The van der Waals surface area contributed by atoms with Crippen LogP contribution in [0.5, 0.6) is 5.75 Å². The molecule has 0 unspecified atom stereocenters. The molecular formula is C25H34N6OS. The average molecular weight is 467 g/mol. The lowest BCUT2D eigenvalue weighted by Gasteiger charge is -2.40. The molecule has 1 saturated heterocycles. The van der Waals surface area contributed by atoms with Gasteiger partial charge in [0.15, 0.2) is 0 Å². The molecule has 1 aliphatic carbocycles. The first kappa shape index (κ1) is 22.4. The minimum absolute atomic E-state index is 0.763. The third-order valence-corrected chi connectivity index (χ3v) is 7.87. The van der Waals surface area contributed by atoms with Gasteiger partial charge < -0.3 is 15.0 Å². The molecule has 176 valence electrons. The van der Waals surface area contributed by atoms with Crippen molar-refractivity contribution < 1.29 is 4.74 Å². The number of hydrogen-bond donors (Lipinski definition) is 1. The summed E-state index contributed by atoms with van der Waals surface area (Å²) in [7, 11) is 1.70. The van der Waals surface area contributed by atoms with E-state index in [9.17, 15) is 0 Å². The van der Waals surface area contributed by atoms with Crippen molar-refractivity contribution in [3.05, 3.63) is 53.9 Å². The molecule has 33 heavy (non-hydrogen) atoms. The maximum atomic E-state index is 5.32. The van der Waals surface area contributed by atoms with E-state index in [1.807, 2.05) is 12.1 Å². The Morgan fingerprint density at radius 1 is 0.970 bits per heavy atom. The van der Waals surface area contributed by atoms with Crippen LogP contribution in [0.2, 0.25) is 0 Å². The summed E-state index contributed by atoms with van der Waals surface area (Å²) in [6, 6.07) is 13.2. The van der Waals surface area contributed by atoms with Crippen LogP contribution < -0.4 is 15.0 Å². The molecule has 1 aromatic carbocycles. The number of nitrogens with zero attached hydrogens (tertiary/aromatic N) is 5. The molecule has 2 aromatic heterocycles. The minimum atomic E-state index is 0.763. The minimum Gasteiger partial charge on any atom is -0.497 e. The van der Waals surface area contributed by atoms with Crippen LogP contribution in [0.3, 0.4) is 0 Å². The maximum absolute atomic E-state index is 5.32. The van der Waals surface area contributed by atoms with Crippen LogP contribution in [0.25, 0.3) is 5.13 Å². The third-order valence-electron chi connectivity index (χ3n) is 6.89. The molecule has 1 N–H and O–H groups in total. The van der Waals surface area contributed by atoms with Crippen molar-refractivity contribution in [1.29, 1.82) is 0 Å². The number of ether oxygens (including phenoxy) is 1. The lowest BCUT2D eigenvalue weighted by atomic mass is 9.94. The average Bonchev–Trinajstić information content (AvgIpc) is 3.55. The van der Waals surface area contributed by atoms with E-state index in [2.05, 4.69) is 60.3 Å². The first-order valence-electron chi connectivity index (χ1n) is 12.1. The summed E-state index contributed by atoms with van der Waals surface area (Å²) in [6.07, 6.45) is 9.06. The number of hydrogen-bond acceptors (Lipinski definition) is 7. The van der Waals surface area contributed by atoms with Crippen LogP contribution in [0.1, 0.15) is 43.4 Å². The van der Waals surface area contributed by atoms with E-state index in [0.29, 0.717) is 0 Å². The SMILES string of the molecule is COc1cccc(CNCc2cccn2-c2nnc(N3CCN(C4CCCCC4)CC3)s2)c1. The van der Waals surface area contributed by atoms with Gasteiger partial charge in [0, 0.05) is 57.2 Å². The van der Waals surface area contributed by atoms with Crippen LogP contribution in [0.4, 0.5) is 5.13 Å². The zero-order chi connectivity index (χ0) is 22.5. The zero-order valence-electron chi connectivity index (χ0n) is 19.4. The van der Waals surface area contributed by atoms with Gasteiger partial charge in [-0.1, -0.05) is 42.7 Å². The Labute approximate surface area is 200 Å². The number of methoxy groups -OCH3 is 1. The van der Waals surface area contributed by atoms with Crippen LogP contribution in [0, 0.1) is 0 Å². The lowest BCUT2D eigenvalue weighted by Crippen LogP contribution is -2.50. The zero-order valence-corrected chi connectivity index (χ0v) is 20.3. The Bertz CT molecular complexity index is 1020. The topological polar surface area (TPSA) is 58.5 Å². The van der Waals surface area contributed by atoms with Crippen molar-refractivity contribution in [3.63, 3.8) is 0 Å². The number of nitrogens with one attached hydrogen (secondary N) is 1. The quantitative estimate of drug-likeness (QED) is 0.540. The van der Waals surface area contributed by atoms with Crippen LogP contribution in [-0.2, 0) is 13.1 Å². The van der Waals surface area contributed by atoms with Crippen molar-refractivity contribution in [3.8, 4) is 10.9 Å². The van der Waals surface area contributed by atoms with Gasteiger partial charge in [0.2, 0.25) is 10.3 Å². The molecule has 7 nitrogen and oxygen atoms in total. The summed E-state index contributed by atoms with van der Waals surface area (Å²) >= 11 is 1.69. The first-order valence-corrected chi connectivity index (χ1v) is 12.9. The Hall–Kier alpha value is -2.42. The highest BCUT2D eigenvalue weighted by molar-refractivity contribution is 7.17. The number of piperazine rings is 1. The van der Waals surface area contributed by atoms with Gasteiger partial charge in [-0.3, -0.25) is 9.47 Å². The predicted octanol–water partition coefficient (Wildman–Crippen LogP) is 4.08. The summed E-state index contributed by atoms with van der Waals surface area (Å²) in [5.41, 5.74) is 2.39. The Morgan fingerprint density at radius 3 is 2.61 bits per heavy atom. The smallest absolute Gasteiger partial charge is 0.218 e. The van der Waals surface area contributed by atoms with Gasteiger partial charge in [0.25, 0.3) is 0 Å². The fourth-order valence-corrected chi connectivity index (χ4v) is 5.94. The molecule has 0 atom stereocenters. The molecule has 2 fully saturated rings. The summed E-state index contributed by atoms with van der Waals surface area (Å²) in [6.45, 7) is 5.93. The standard InChI is InChI=1S/C25H34N6OS/c1-32-23-11-5-7-20(17-23)18-26-19-22-10-6-12-31(22)25-28-27-24(33-25)30-15-13-29(14-16-30)21-8-3-2-4-9-21/h5-7,10-12,17,21,26H,2-4,8-9,13-16,18-19H2,1H3. The molecule has 8 heteroatoms. The van der Waals surface area contributed by atoms with E-state index in [1.54, 1.807) is 18.4 Å². The Morgan fingerprint density at radius 2 is 1.79 bits per heavy atom. The molecular weight excluding hydrogens is 432 g/mol. The number of benzene rings is 1. The van der Waals surface area contributed by atoms with E-state index in [0.717, 1.165) is 61.3 Å². The van der Waals surface area contributed by atoms with Gasteiger partial charge in [-0.25, -0.2) is 0 Å². The summed E-state index contributed by atoms with van der Waals surface area (Å²) in [4.78, 5) is 5.11. The Kier molecular flexibility index (Phi) is 7.24. The summed E-state index contributed by atoms with van der Waals surface area (Å²) in [5.74, 6) is 0.888. The van der Waals surface area contributed by atoms with Gasteiger partial charge in [-0.2, -0.15) is 0 Å². The van der Waals surface area contributed by atoms with E-state index in [4.69, 9.17) is 4.74 Å². The second kappa shape index (κ2) is 10.7. The van der Waals surface area contributed by atoms with Crippen molar-refractivity contribution >= 4 is 16.5 Å². The number of rotatable bonds is 8. The van der Waals surface area contributed by atoms with Crippen LogP contribution in [0.15, 0.2) is 42.6 Å². The lowest BCUT2D eigenvalue weighted by molar-refractivity contribution is 0.148. The van der Waals surface area contributed by atoms with Crippen molar-refractivity contribution in [2.75, 3.05) is 38.2 Å². The summed E-state index contributed by atoms with van der Waals surface area (Å²) < 4.78 is 7.47.